The third kappa shape index (κ3) is 5.24. The minimum Gasteiger partial charge on any atom is -1.00 e. The number of hydrogen-bond donors (Lipinski definition) is 4. The topological polar surface area (TPSA) is 201 Å². The van der Waals surface area contributed by atoms with Gasteiger partial charge in [-0.3, -0.25) is 24.6 Å². The van der Waals surface area contributed by atoms with Gasteiger partial charge in [-0.1, -0.05) is 0 Å². The third-order valence-electron chi connectivity index (χ3n) is 3.88. The molecule has 0 radical (unpaired) electrons. The summed E-state index contributed by atoms with van der Waals surface area (Å²) in [7, 11) is -8.36. The number of hydrazine groups is 2. The second-order valence-electron chi connectivity index (χ2n) is 5.73. The Balaban J connectivity index is 0.00000256. The van der Waals surface area contributed by atoms with Gasteiger partial charge in [-0.25, -0.2) is 0 Å². The molecule has 4 N–H and O–H groups in total. The first-order valence-corrected chi connectivity index (χ1v) is 10.6. The van der Waals surface area contributed by atoms with E-state index in [4.69, 9.17) is 9.29 Å². The van der Waals surface area contributed by atoms with Crippen LogP contribution in [0.2, 0.25) is 0 Å². The molecule has 3 rings (SSSR count). The molecule has 0 atom stereocenters. The Kier molecular flexibility index (Phi) is 7.16. The number of non-ortho nitro benzene ring substituents is 1. The average molecular weight is 483 g/mol. The first-order valence-electron chi connectivity index (χ1n) is 7.74. The first-order chi connectivity index (χ1) is 13.9. The summed E-state index contributed by atoms with van der Waals surface area (Å²) in [5.74, 6) is -0.0673. The van der Waals surface area contributed by atoms with Crippen molar-refractivity contribution in [3.63, 3.8) is 0 Å². The van der Waals surface area contributed by atoms with Crippen LogP contribution in [0, 0.1) is 10.1 Å². The van der Waals surface area contributed by atoms with Crippen molar-refractivity contribution < 1.29 is 66.6 Å². The normalized spacial score (nSPS) is 13.5. The van der Waals surface area contributed by atoms with Gasteiger partial charge in [-0.05, 0) is 24.3 Å². The molecule has 0 spiro atoms. The van der Waals surface area contributed by atoms with Gasteiger partial charge in [0.25, 0.3) is 25.9 Å². The van der Waals surface area contributed by atoms with E-state index in [0.717, 1.165) is 23.3 Å². The number of hydrogen-bond acceptors (Lipinski definition) is 11. The fourth-order valence-corrected chi connectivity index (χ4v) is 3.83. The molecule has 1 aliphatic rings. The van der Waals surface area contributed by atoms with E-state index in [0.29, 0.717) is 6.07 Å². The smallest absolute Gasteiger partial charge is 1.00 e. The minimum absolute atomic E-state index is 0. The summed E-state index contributed by atoms with van der Waals surface area (Å²) in [6, 6.07) is 6.18. The Labute approximate surface area is 199 Å². The maximum Gasteiger partial charge on any atom is 1.00 e. The summed E-state index contributed by atoms with van der Waals surface area (Å²) < 4.78 is 69.7. The molecule has 2 aromatic carbocycles. The number of rotatable bonds is 6. The number of nitrogens with zero attached hydrogens (tertiary/aromatic N) is 3. The molecule has 31 heavy (non-hydrogen) atoms. The van der Waals surface area contributed by atoms with Gasteiger partial charge in [-0.2, -0.15) is 27.5 Å². The Morgan fingerprint density at radius 3 is 2.35 bits per heavy atom. The fourth-order valence-electron chi connectivity index (χ4n) is 2.53. The molecule has 2 aromatic rings. The van der Waals surface area contributed by atoms with Crippen LogP contribution in [-0.4, -0.2) is 43.8 Å². The van der Waals surface area contributed by atoms with Crippen molar-refractivity contribution in [3.8, 4) is 5.75 Å². The summed E-state index contributed by atoms with van der Waals surface area (Å²) in [5.41, 5.74) is 4.93. The molecule has 1 heterocycles. The molecule has 0 aliphatic carbocycles. The Morgan fingerprint density at radius 1 is 1.13 bits per heavy atom. The Hall–Kier alpha value is -2.47. The summed E-state index contributed by atoms with van der Waals surface area (Å²) in [6.45, 7) is 0. The molecule has 14 nitrogen and oxygen atoms in total. The summed E-state index contributed by atoms with van der Waals surface area (Å²) >= 11 is 0. The van der Waals surface area contributed by atoms with Gasteiger partial charge in [0.1, 0.15) is 10.6 Å². The molecule has 0 saturated carbocycles. The van der Waals surface area contributed by atoms with Crippen molar-refractivity contribution in [2.75, 3.05) is 12.2 Å². The van der Waals surface area contributed by atoms with Crippen molar-refractivity contribution in [1.82, 2.24) is 11.0 Å². The molecule has 1 aliphatic heterocycles. The van der Waals surface area contributed by atoms with E-state index in [2.05, 4.69) is 16.1 Å². The second-order valence-corrected chi connectivity index (χ2v) is 8.54. The van der Waals surface area contributed by atoms with Crippen LogP contribution in [0.25, 0.3) is 0 Å². The summed E-state index contributed by atoms with van der Waals surface area (Å²) in [5, 5.41) is 15.9. The number of nitrogens with one attached hydrogen (secondary N) is 2. The zero-order chi connectivity index (χ0) is 22.3. The van der Waals surface area contributed by atoms with E-state index < -0.39 is 35.0 Å². The average Bonchev–Trinajstić information content (AvgIpc) is 3.15. The number of amidine groups is 1. The minimum atomic E-state index is -4.91. The summed E-state index contributed by atoms with van der Waals surface area (Å²) in [6.07, 6.45) is 0. The third-order valence-corrected chi connectivity index (χ3v) is 5.62. The number of hydrazone groups is 1. The molecule has 0 amide bonds. The largest absolute Gasteiger partial charge is 1.00 e. The van der Waals surface area contributed by atoms with Crippen molar-refractivity contribution >= 4 is 37.4 Å². The van der Waals surface area contributed by atoms with E-state index in [1.54, 1.807) is 0 Å². The Morgan fingerprint density at radius 2 is 1.81 bits per heavy atom. The zero-order valence-corrected chi connectivity index (χ0v) is 19.5. The fraction of sp³-hybridized carbons (Fsp3) is 0.0714. The van der Waals surface area contributed by atoms with E-state index >= 15 is 0 Å². The van der Waals surface area contributed by atoms with Crippen molar-refractivity contribution in [2.45, 2.75) is 9.79 Å². The second kappa shape index (κ2) is 8.95. The van der Waals surface area contributed by atoms with Crippen LogP contribution in [0.1, 0.15) is 6.99 Å². The van der Waals surface area contributed by atoms with E-state index in [1.165, 1.54) is 19.2 Å². The standard InChI is InChI=1S/C14H13N5O9S2.Na.H/c1-28-12-6-8(19(20)21)2-5-11(12)18-16-14(15-17-18)10-4-3-9(29(22,23)24)7-13(10)30(25,26)27;;/h2-7,17H,1H3,(H,15,16)(H,22,23,24)(H,25,26,27);;/q;+1;-1. The van der Waals surface area contributed by atoms with Gasteiger partial charge in [-0.15, -0.1) is 5.10 Å². The van der Waals surface area contributed by atoms with Crippen molar-refractivity contribution in [2.24, 2.45) is 5.10 Å². The van der Waals surface area contributed by atoms with Crippen molar-refractivity contribution in [1.29, 1.82) is 0 Å². The van der Waals surface area contributed by atoms with E-state index in [9.17, 15) is 31.5 Å². The maximum absolute atomic E-state index is 11.7. The Bertz CT molecular complexity index is 1290. The molecular formula is C14H14N5NaO9S2. The molecule has 162 valence electrons. The van der Waals surface area contributed by atoms with E-state index in [1.807, 2.05) is 0 Å². The molecular weight excluding hydrogens is 469 g/mol. The van der Waals surface area contributed by atoms with Gasteiger partial charge in [0.05, 0.1) is 23.0 Å². The number of nitro benzene ring substituents is 1. The molecule has 0 aromatic heterocycles. The monoisotopic (exact) mass is 483 g/mol. The zero-order valence-electron chi connectivity index (χ0n) is 16.9. The van der Waals surface area contributed by atoms with Gasteiger partial charge in [0, 0.05) is 11.6 Å². The number of nitro groups is 1. The van der Waals surface area contributed by atoms with Gasteiger partial charge >= 0.3 is 29.6 Å². The van der Waals surface area contributed by atoms with Crippen LogP contribution in [0.15, 0.2) is 51.3 Å². The maximum atomic E-state index is 11.7. The van der Waals surface area contributed by atoms with Gasteiger partial charge in [0.2, 0.25) is 0 Å². The summed E-state index contributed by atoms with van der Waals surface area (Å²) in [4.78, 5) is 8.71. The molecule has 0 fully saturated rings. The first kappa shape index (κ1) is 24.8. The van der Waals surface area contributed by atoms with Crippen LogP contribution >= 0.6 is 0 Å². The number of ether oxygens (including phenoxy) is 1. The van der Waals surface area contributed by atoms with Crippen LogP contribution in [-0.2, 0) is 20.2 Å². The predicted octanol–water partition coefficient (Wildman–Crippen LogP) is -2.60. The van der Waals surface area contributed by atoms with Crippen LogP contribution in [0.4, 0.5) is 11.4 Å². The number of benzene rings is 2. The molecule has 0 unspecified atom stereocenters. The van der Waals surface area contributed by atoms with Gasteiger partial charge < -0.3 is 6.16 Å². The molecule has 17 heteroatoms. The quantitative estimate of drug-likeness (QED) is 0.145. The van der Waals surface area contributed by atoms with Gasteiger partial charge in [0.15, 0.2) is 11.6 Å². The van der Waals surface area contributed by atoms with Crippen LogP contribution in [0.5, 0.6) is 5.75 Å². The molecule has 0 saturated heterocycles. The molecule has 0 bridgehead atoms. The number of anilines is 1. The SMILES string of the molecule is COc1cc([N+](=O)[O-])ccc1N1NN=C(c2ccc(S(=O)(=O)O)cc2S(=O)(=O)O)N1.[H-].[Na+]. The van der Waals surface area contributed by atoms with Crippen LogP contribution < -0.4 is 50.4 Å². The predicted molar refractivity (Wildman–Crippen MR) is 102 cm³/mol. The van der Waals surface area contributed by atoms with Crippen molar-refractivity contribution in [3.05, 3.63) is 52.1 Å². The number of methoxy groups -OCH3 is 1. The van der Waals surface area contributed by atoms with E-state index in [-0.39, 0.29) is 59.5 Å². The van der Waals surface area contributed by atoms with Crippen LogP contribution in [0.3, 0.4) is 0 Å².